The molecule has 4 heterocycles. The topological polar surface area (TPSA) is 64.1 Å². The molecule has 3 aromatic rings. The highest BCUT2D eigenvalue weighted by atomic mass is 19.4. The van der Waals surface area contributed by atoms with Crippen molar-refractivity contribution in [1.82, 2.24) is 29.4 Å². The fourth-order valence-electron chi connectivity index (χ4n) is 3.15. The molecule has 4 rings (SSSR count). The first-order valence-electron chi connectivity index (χ1n) is 8.86. The van der Waals surface area contributed by atoms with Crippen molar-refractivity contribution in [2.45, 2.75) is 32.9 Å². The van der Waals surface area contributed by atoms with Crippen LogP contribution in [0.2, 0.25) is 0 Å². The molecule has 0 radical (unpaired) electrons. The lowest BCUT2D eigenvalue weighted by molar-refractivity contribution is -0.138. The van der Waals surface area contributed by atoms with Crippen molar-refractivity contribution in [3.8, 4) is 11.8 Å². The van der Waals surface area contributed by atoms with Gasteiger partial charge < -0.3 is 4.90 Å². The van der Waals surface area contributed by atoms with Gasteiger partial charge in [-0.25, -0.2) is 14.2 Å². The predicted octanol–water partition coefficient (Wildman–Crippen LogP) is 2.49. The molecule has 0 spiro atoms. The van der Waals surface area contributed by atoms with Crippen LogP contribution in [0.1, 0.15) is 41.3 Å². The Morgan fingerprint density at radius 3 is 2.43 bits per heavy atom. The van der Waals surface area contributed by atoms with E-state index in [1.54, 1.807) is 20.9 Å². The number of imidazole rings is 1. The van der Waals surface area contributed by atoms with E-state index in [9.17, 15) is 13.2 Å². The van der Waals surface area contributed by atoms with Crippen LogP contribution in [-0.2, 0) is 13.2 Å². The quantitative estimate of drug-likeness (QED) is 0.599. The van der Waals surface area contributed by atoms with Gasteiger partial charge in [-0.3, -0.25) is 0 Å². The molecule has 0 aromatic carbocycles. The minimum Gasteiger partial charge on any atom is -0.340 e. The van der Waals surface area contributed by atoms with E-state index in [1.165, 1.54) is 9.20 Å². The summed E-state index contributed by atoms with van der Waals surface area (Å²) in [6.07, 6.45) is -2.45. The van der Waals surface area contributed by atoms with Gasteiger partial charge in [0.2, 0.25) is 11.8 Å². The Labute approximate surface area is 159 Å². The van der Waals surface area contributed by atoms with Crippen LogP contribution in [0.25, 0.3) is 5.65 Å². The van der Waals surface area contributed by atoms with Crippen LogP contribution in [0.15, 0.2) is 6.07 Å². The lowest BCUT2D eigenvalue weighted by Gasteiger charge is -2.10. The molecule has 0 amide bonds. The Balaban J connectivity index is 1.79. The molecule has 28 heavy (non-hydrogen) atoms. The number of alkyl halides is 3. The second kappa shape index (κ2) is 6.51. The van der Waals surface area contributed by atoms with E-state index < -0.39 is 11.7 Å². The summed E-state index contributed by atoms with van der Waals surface area (Å²) in [5, 5.41) is 8.40. The zero-order chi connectivity index (χ0) is 20.1. The van der Waals surface area contributed by atoms with Gasteiger partial charge in [0.25, 0.3) is 0 Å². The normalized spacial score (nSPS) is 14.6. The van der Waals surface area contributed by atoms with Crippen molar-refractivity contribution in [3.63, 3.8) is 0 Å². The third kappa shape index (κ3) is 3.17. The summed E-state index contributed by atoms with van der Waals surface area (Å²) in [5.41, 5.74) is 0.143. The average Bonchev–Trinajstić information content (AvgIpc) is 3.33. The van der Waals surface area contributed by atoms with Crippen molar-refractivity contribution < 1.29 is 13.2 Å². The molecule has 0 N–H and O–H groups in total. The first-order chi connectivity index (χ1) is 13.2. The molecule has 0 unspecified atom stereocenters. The summed E-state index contributed by atoms with van der Waals surface area (Å²) < 4.78 is 43.4. The number of rotatable bonds is 1. The number of hydrogen-bond donors (Lipinski definition) is 0. The third-order valence-corrected chi connectivity index (χ3v) is 4.81. The van der Waals surface area contributed by atoms with E-state index in [2.05, 4.69) is 32.0 Å². The number of nitrogens with zero attached hydrogens (tertiary/aromatic N) is 7. The summed E-state index contributed by atoms with van der Waals surface area (Å²) in [6, 6.07) is 0.976. The maximum atomic E-state index is 13.5. The van der Waals surface area contributed by atoms with Crippen molar-refractivity contribution in [2.24, 2.45) is 7.05 Å². The SMILES string of the molecule is Cc1nc2cc(C(F)(F)F)c(C#Cc3nc(N4CCCC4)nn3C)nn2c1C. The molecule has 0 saturated carbocycles. The Bertz CT molecular complexity index is 1110. The van der Waals surface area contributed by atoms with E-state index in [4.69, 9.17) is 0 Å². The molecular weight excluding hydrogens is 371 g/mol. The molecule has 0 atom stereocenters. The van der Waals surface area contributed by atoms with E-state index in [0.29, 0.717) is 17.3 Å². The van der Waals surface area contributed by atoms with Gasteiger partial charge >= 0.3 is 6.18 Å². The fourth-order valence-corrected chi connectivity index (χ4v) is 3.15. The Morgan fingerprint density at radius 2 is 1.75 bits per heavy atom. The van der Waals surface area contributed by atoms with Crippen LogP contribution >= 0.6 is 0 Å². The standard InChI is InChI=1S/C18H18F3N7/c1-11-12(2)28-16(22-11)10-13(18(19,20)21)14(24-28)6-7-15-23-17(25-26(15)3)27-8-4-5-9-27/h10H,4-5,8-9H2,1-3H3. The van der Waals surface area contributed by atoms with Gasteiger partial charge in [-0.2, -0.15) is 23.3 Å². The lowest BCUT2D eigenvalue weighted by atomic mass is 10.2. The van der Waals surface area contributed by atoms with Crippen LogP contribution in [0, 0.1) is 25.7 Å². The summed E-state index contributed by atoms with van der Waals surface area (Å²) in [7, 11) is 1.67. The Kier molecular flexibility index (Phi) is 4.25. The van der Waals surface area contributed by atoms with Crippen molar-refractivity contribution >= 4 is 11.6 Å². The monoisotopic (exact) mass is 389 g/mol. The molecule has 0 aliphatic carbocycles. The minimum atomic E-state index is -4.59. The summed E-state index contributed by atoms with van der Waals surface area (Å²) >= 11 is 0. The van der Waals surface area contributed by atoms with Crippen molar-refractivity contribution in [1.29, 1.82) is 0 Å². The van der Waals surface area contributed by atoms with Crippen LogP contribution in [0.3, 0.4) is 0 Å². The Morgan fingerprint density at radius 1 is 1.04 bits per heavy atom. The molecule has 1 aliphatic heterocycles. The smallest absolute Gasteiger partial charge is 0.340 e. The molecule has 7 nitrogen and oxygen atoms in total. The van der Waals surface area contributed by atoms with Gasteiger partial charge in [0.1, 0.15) is 5.69 Å². The summed E-state index contributed by atoms with van der Waals surface area (Å²) in [4.78, 5) is 10.5. The van der Waals surface area contributed by atoms with Crippen LogP contribution in [0.4, 0.5) is 19.1 Å². The molecule has 1 aliphatic rings. The molecule has 10 heteroatoms. The number of aromatic nitrogens is 6. The van der Waals surface area contributed by atoms with Crippen molar-refractivity contribution in [3.05, 3.63) is 34.5 Å². The van der Waals surface area contributed by atoms with Gasteiger partial charge in [-0.15, -0.1) is 5.10 Å². The molecule has 3 aromatic heterocycles. The number of halogens is 3. The summed E-state index contributed by atoms with van der Waals surface area (Å²) in [5.74, 6) is 6.06. The van der Waals surface area contributed by atoms with E-state index in [0.717, 1.165) is 32.0 Å². The zero-order valence-corrected chi connectivity index (χ0v) is 15.7. The van der Waals surface area contributed by atoms with Gasteiger partial charge in [0.05, 0.1) is 17.0 Å². The van der Waals surface area contributed by atoms with Crippen LogP contribution < -0.4 is 4.90 Å². The molecule has 1 saturated heterocycles. The third-order valence-electron chi connectivity index (χ3n) is 4.81. The minimum absolute atomic E-state index is 0.142. The van der Waals surface area contributed by atoms with Gasteiger partial charge in [-0.05, 0) is 44.6 Å². The number of hydrogen-bond acceptors (Lipinski definition) is 5. The van der Waals surface area contributed by atoms with E-state index >= 15 is 0 Å². The Hall–Kier alpha value is -3.09. The first kappa shape index (κ1) is 18.3. The molecule has 0 bridgehead atoms. The highest BCUT2D eigenvalue weighted by Crippen LogP contribution is 2.32. The number of aryl methyl sites for hydroxylation is 3. The highest BCUT2D eigenvalue weighted by Gasteiger charge is 2.35. The van der Waals surface area contributed by atoms with Crippen LogP contribution in [-0.4, -0.2) is 42.5 Å². The van der Waals surface area contributed by atoms with E-state index in [1.807, 2.05) is 4.90 Å². The molecule has 1 fully saturated rings. The van der Waals surface area contributed by atoms with Crippen molar-refractivity contribution in [2.75, 3.05) is 18.0 Å². The number of fused-ring (bicyclic) bond motifs is 1. The van der Waals surface area contributed by atoms with Gasteiger partial charge in [0, 0.05) is 20.1 Å². The second-order valence-corrected chi connectivity index (χ2v) is 6.76. The number of anilines is 1. The fraction of sp³-hybridized carbons (Fsp3) is 0.444. The van der Waals surface area contributed by atoms with Crippen LogP contribution in [0.5, 0.6) is 0 Å². The largest absolute Gasteiger partial charge is 0.419 e. The first-order valence-corrected chi connectivity index (χ1v) is 8.86. The zero-order valence-electron chi connectivity index (χ0n) is 15.7. The maximum Gasteiger partial charge on any atom is 0.419 e. The molecular formula is C18H18F3N7. The maximum absolute atomic E-state index is 13.5. The summed E-state index contributed by atoms with van der Waals surface area (Å²) in [6.45, 7) is 5.21. The van der Waals surface area contributed by atoms with E-state index in [-0.39, 0.29) is 17.2 Å². The van der Waals surface area contributed by atoms with Gasteiger partial charge in [-0.1, -0.05) is 0 Å². The highest BCUT2D eigenvalue weighted by molar-refractivity contribution is 5.50. The average molecular weight is 389 g/mol. The predicted molar refractivity (Wildman–Crippen MR) is 95.9 cm³/mol. The second-order valence-electron chi connectivity index (χ2n) is 6.76. The lowest BCUT2D eigenvalue weighted by Crippen LogP contribution is -2.19. The van der Waals surface area contributed by atoms with Gasteiger partial charge in [0.15, 0.2) is 5.65 Å². The molecule has 146 valence electrons.